The molecule has 7 aromatic rings. The van der Waals surface area contributed by atoms with Crippen molar-refractivity contribution in [1.82, 2.24) is 15.0 Å². The van der Waals surface area contributed by atoms with Crippen LogP contribution < -0.4 is 0 Å². The van der Waals surface area contributed by atoms with Crippen molar-refractivity contribution >= 4 is 37.9 Å². The highest BCUT2D eigenvalue weighted by Gasteiger charge is 2.14. The number of hydrogen-bond acceptors (Lipinski definition) is 4. The molecule has 0 bridgehead atoms. The summed E-state index contributed by atoms with van der Waals surface area (Å²) in [6, 6.07) is 40.8. The maximum atomic E-state index is 6.10. The third-order valence-electron chi connectivity index (χ3n) is 6.60. The zero-order valence-electron chi connectivity index (χ0n) is 20.2. The molecule has 0 fully saturated rings. The highest BCUT2D eigenvalue weighted by atomic mass is 79.9. The van der Waals surface area contributed by atoms with E-state index in [0.717, 1.165) is 54.2 Å². The molecule has 180 valence electrons. The minimum atomic E-state index is 0.637. The average molecular weight is 554 g/mol. The van der Waals surface area contributed by atoms with Crippen LogP contribution in [-0.4, -0.2) is 15.0 Å². The molecule has 0 saturated carbocycles. The van der Waals surface area contributed by atoms with Crippen LogP contribution in [0, 0.1) is 0 Å². The van der Waals surface area contributed by atoms with Crippen molar-refractivity contribution in [2.24, 2.45) is 0 Å². The lowest BCUT2D eigenvalue weighted by Crippen LogP contribution is -2.00. The van der Waals surface area contributed by atoms with E-state index in [0.29, 0.717) is 17.5 Å². The first kappa shape index (κ1) is 22.6. The number of furan rings is 1. The van der Waals surface area contributed by atoms with Gasteiger partial charge in [-0.2, -0.15) is 0 Å². The Morgan fingerprint density at radius 3 is 1.68 bits per heavy atom. The third kappa shape index (κ3) is 4.07. The molecule has 0 unspecified atom stereocenters. The van der Waals surface area contributed by atoms with Crippen LogP contribution in [0.1, 0.15) is 0 Å². The maximum absolute atomic E-state index is 6.10. The summed E-state index contributed by atoms with van der Waals surface area (Å²) in [6.45, 7) is 0. The Balaban J connectivity index is 1.36. The topological polar surface area (TPSA) is 51.8 Å². The minimum Gasteiger partial charge on any atom is -0.455 e. The van der Waals surface area contributed by atoms with Gasteiger partial charge in [-0.25, -0.2) is 15.0 Å². The molecule has 0 radical (unpaired) electrons. The molecule has 5 heteroatoms. The molecule has 0 atom stereocenters. The molecule has 0 amide bonds. The van der Waals surface area contributed by atoms with Crippen molar-refractivity contribution in [3.8, 4) is 45.3 Å². The molecule has 0 saturated heterocycles. The van der Waals surface area contributed by atoms with E-state index in [1.807, 2.05) is 91.0 Å². The molecular formula is C33H20BrN3O. The molecule has 7 rings (SSSR count). The zero-order valence-corrected chi connectivity index (χ0v) is 21.8. The number of benzene rings is 5. The second-order valence-electron chi connectivity index (χ2n) is 9.05. The predicted molar refractivity (Wildman–Crippen MR) is 157 cm³/mol. The lowest BCUT2D eigenvalue weighted by molar-refractivity contribution is 0.667. The van der Waals surface area contributed by atoms with E-state index >= 15 is 0 Å². The molecule has 5 aromatic carbocycles. The Morgan fingerprint density at radius 1 is 0.447 bits per heavy atom. The fourth-order valence-electron chi connectivity index (χ4n) is 4.72. The van der Waals surface area contributed by atoms with Crippen molar-refractivity contribution in [2.75, 3.05) is 0 Å². The first-order chi connectivity index (χ1) is 18.7. The lowest BCUT2D eigenvalue weighted by atomic mass is 10.0. The number of nitrogens with zero attached hydrogens (tertiary/aromatic N) is 3. The normalized spacial score (nSPS) is 11.3. The average Bonchev–Trinajstić information content (AvgIpc) is 3.37. The monoisotopic (exact) mass is 553 g/mol. The van der Waals surface area contributed by atoms with Gasteiger partial charge >= 0.3 is 0 Å². The Morgan fingerprint density at radius 2 is 1.00 bits per heavy atom. The van der Waals surface area contributed by atoms with Gasteiger partial charge in [-0.1, -0.05) is 97.1 Å². The van der Waals surface area contributed by atoms with Crippen LogP contribution in [0.4, 0.5) is 0 Å². The van der Waals surface area contributed by atoms with Crippen LogP contribution in [0.3, 0.4) is 0 Å². The summed E-state index contributed by atoms with van der Waals surface area (Å²) in [4.78, 5) is 14.6. The van der Waals surface area contributed by atoms with Gasteiger partial charge in [-0.05, 0) is 51.3 Å². The quantitative estimate of drug-likeness (QED) is 0.218. The van der Waals surface area contributed by atoms with E-state index in [4.69, 9.17) is 19.4 Å². The minimum absolute atomic E-state index is 0.637. The second kappa shape index (κ2) is 9.36. The van der Waals surface area contributed by atoms with Crippen molar-refractivity contribution in [3.05, 3.63) is 126 Å². The van der Waals surface area contributed by atoms with Gasteiger partial charge in [0.15, 0.2) is 17.5 Å². The van der Waals surface area contributed by atoms with Gasteiger partial charge in [0, 0.05) is 27.5 Å². The summed E-state index contributed by atoms with van der Waals surface area (Å²) >= 11 is 3.61. The lowest BCUT2D eigenvalue weighted by Gasteiger charge is -2.09. The number of halogens is 1. The van der Waals surface area contributed by atoms with Crippen molar-refractivity contribution < 1.29 is 4.42 Å². The highest BCUT2D eigenvalue weighted by molar-refractivity contribution is 9.10. The van der Waals surface area contributed by atoms with Crippen molar-refractivity contribution in [3.63, 3.8) is 0 Å². The molecule has 0 aliphatic carbocycles. The maximum Gasteiger partial charge on any atom is 0.164 e. The summed E-state index contributed by atoms with van der Waals surface area (Å²) in [5.41, 5.74) is 6.74. The summed E-state index contributed by atoms with van der Waals surface area (Å²) in [5.74, 6) is 1.94. The summed E-state index contributed by atoms with van der Waals surface area (Å²) in [5, 5.41) is 2.17. The van der Waals surface area contributed by atoms with E-state index in [2.05, 4.69) is 46.3 Å². The van der Waals surface area contributed by atoms with E-state index in [1.54, 1.807) is 0 Å². The van der Waals surface area contributed by atoms with Gasteiger partial charge in [0.1, 0.15) is 11.2 Å². The van der Waals surface area contributed by atoms with Crippen LogP contribution in [0.25, 0.3) is 67.2 Å². The molecular weight excluding hydrogens is 534 g/mol. The van der Waals surface area contributed by atoms with Gasteiger partial charge in [-0.15, -0.1) is 0 Å². The molecule has 0 spiro atoms. The van der Waals surface area contributed by atoms with Gasteiger partial charge in [0.05, 0.1) is 4.47 Å². The van der Waals surface area contributed by atoms with E-state index in [-0.39, 0.29) is 0 Å². The van der Waals surface area contributed by atoms with Crippen LogP contribution in [-0.2, 0) is 0 Å². The Hall–Kier alpha value is -4.61. The first-order valence-electron chi connectivity index (χ1n) is 12.3. The largest absolute Gasteiger partial charge is 0.455 e. The number of para-hydroxylation sites is 1. The fraction of sp³-hybridized carbons (Fsp3) is 0. The highest BCUT2D eigenvalue weighted by Crippen LogP contribution is 2.36. The first-order valence-corrected chi connectivity index (χ1v) is 13.1. The molecule has 4 nitrogen and oxygen atoms in total. The smallest absolute Gasteiger partial charge is 0.164 e. The van der Waals surface area contributed by atoms with Crippen molar-refractivity contribution in [1.29, 1.82) is 0 Å². The Kier molecular flexibility index (Phi) is 5.56. The Bertz CT molecular complexity index is 1870. The number of aromatic nitrogens is 3. The van der Waals surface area contributed by atoms with Crippen molar-refractivity contribution in [2.45, 2.75) is 0 Å². The van der Waals surface area contributed by atoms with E-state index in [1.165, 1.54) is 0 Å². The van der Waals surface area contributed by atoms with E-state index in [9.17, 15) is 0 Å². The SMILES string of the molecule is Brc1cccc2c1oc1ccc(-c3cccc(-c4nc(-c5ccccc5)nc(-c5ccccc5)n4)c3)cc12. The van der Waals surface area contributed by atoms with Crippen LogP contribution in [0.2, 0.25) is 0 Å². The standard InChI is InChI=1S/C33H20BrN3O/c34-28-16-8-15-26-27-20-24(17-18-29(27)38-30(26)28)23-13-7-14-25(19-23)33-36-31(21-9-3-1-4-10-21)35-32(37-33)22-11-5-2-6-12-22/h1-20H. The van der Waals surface area contributed by atoms with Gasteiger partial charge in [-0.3, -0.25) is 0 Å². The number of hydrogen-bond donors (Lipinski definition) is 0. The number of fused-ring (bicyclic) bond motifs is 3. The molecule has 2 heterocycles. The van der Waals surface area contributed by atoms with Gasteiger partial charge in [0.25, 0.3) is 0 Å². The van der Waals surface area contributed by atoms with Crippen LogP contribution in [0.15, 0.2) is 130 Å². The zero-order chi connectivity index (χ0) is 25.5. The fourth-order valence-corrected chi connectivity index (χ4v) is 5.17. The second-order valence-corrected chi connectivity index (χ2v) is 9.90. The molecule has 0 aliphatic heterocycles. The number of rotatable bonds is 4. The summed E-state index contributed by atoms with van der Waals surface area (Å²) in [7, 11) is 0. The molecule has 0 N–H and O–H groups in total. The van der Waals surface area contributed by atoms with Gasteiger partial charge in [0.2, 0.25) is 0 Å². The summed E-state index contributed by atoms with van der Waals surface area (Å²) < 4.78 is 7.06. The van der Waals surface area contributed by atoms with Crippen LogP contribution in [0.5, 0.6) is 0 Å². The molecule has 38 heavy (non-hydrogen) atoms. The third-order valence-corrected chi connectivity index (χ3v) is 7.23. The summed E-state index contributed by atoms with van der Waals surface area (Å²) in [6.07, 6.45) is 0. The van der Waals surface area contributed by atoms with Crippen LogP contribution >= 0.6 is 15.9 Å². The molecule has 0 aliphatic rings. The van der Waals surface area contributed by atoms with Gasteiger partial charge < -0.3 is 4.42 Å². The Labute approximate surface area is 227 Å². The molecule has 2 aromatic heterocycles. The predicted octanol–water partition coefficient (Wildman–Crippen LogP) is 9.20. The van der Waals surface area contributed by atoms with E-state index < -0.39 is 0 Å².